The lowest BCUT2D eigenvalue weighted by molar-refractivity contribution is -0.389. The zero-order chi connectivity index (χ0) is 15.6. The normalized spacial score (nSPS) is 10.4. The first kappa shape index (κ1) is 14.9. The third-order valence-corrected chi connectivity index (χ3v) is 2.92. The third kappa shape index (κ3) is 3.16. The van der Waals surface area contributed by atoms with Crippen LogP contribution < -0.4 is 0 Å². The maximum atomic E-state index is 13.7. The standard InChI is InChI=1S/C12H9ClFN3O4/c1-21-12(18)8-3-2-7(4-10(8)14)5-16-6-9(13)11(15-16)17(19)20/h2-4,6H,5H2,1H3. The number of halogens is 2. The Morgan fingerprint density at radius 1 is 1.57 bits per heavy atom. The van der Waals surface area contributed by atoms with Crippen molar-refractivity contribution < 1.29 is 18.8 Å². The number of benzene rings is 1. The van der Waals surface area contributed by atoms with Crippen molar-refractivity contribution in [3.63, 3.8) is 0 Å². The zero-order valence-electron chi connectivity index (χ0n) is 10.7. The predicted molar refractivity (Wildman–Crippen MR) is 70.7 cm³/mol. The van der Waals surface area contributed by atoms with Crippen molar-refractivity contribution in [3.05, 3.63) is 56.5 Å². The molecule has 110 valence electrons. The Morgan fingerprint density at radius 3 is 2.81 bits per heavy atom. The summed E-state index contributed by atoms with van der Waals surface area (Å²) in [6.45, 7) is 0.0753. The summed E-state index contributed by atoms with van der Waals surface area (Å²) in [7, 11) is 1.15. The number of carbonyl (C=O) groups is 1. The lowest BCUT2D eigenvalue weighted by atomic mass is 10.1. The van der Waals surface area contributed by atoms with Gasteiger partial charge in [-0.15, -0.1) is 0 Å². The summed E-state index contributed by atoms with van der Waals surface area (Å²) >= 11 is 5.66. The summed E-state index contributed by atoms with van der Waals surface area (Å²) in [6.07, 6.45) is 1.27. The van der Waals surface area contributed by atoms with E-state index >= 15 is 0 Å². The minimum Gasteiger partial charge on any atom is -0.465 e. The average Bonchev–Trinajstić information content (AvgIpc) is 2.79. The molecule has 0 amide bonds. The molecule has 0 spiro atoms. The lowest BCUT2D eigenvalue weighted by Gasteiger charge is -2.03. The SMILES string of the molecule is COC(=O)c1ccc(Cn2cc(Cl)c([N+](=O)[O-])n2)cc1F. The van der Waals surface area contributed by atoms with Gasteiger partial charge in [0.15, 0.2) is 5.02 Å². The summed E-state index contributed by atoms with van der Waals surface area (Å²) in [4.78, 5) is 21.2. The molecule has 0 aliphatic rings. The molecule has 1 aromatic heterocycles. The molecule has 0 atom stereocenters. The van der Waals surface area contributed by atoms with E-state index < -0.39 is 22.5 Å². The van der Waals surface area contributed by atoms with Crippen LogP contribution in [0.3, 0.4) is 0 Å². The van der Waals surface area contributed by atoms with Gasteiger partial charge in [0.2, 0.25) is 0 Å². The number of aromatic nitrogens is 2. The largest absolute Gasteiger partial charge is 0.465 e. The molecule has 0 radical (unpaired) electrons. The Hall–Kier alpha value is -2.48. The van der Waals surface area contributed by atoms with Crippen LogP contribution in [0.5, 0.6) is 0 Å². The highest BCUT2D eigenvalue weighted by Gasteiger charge is 2.19. The number of esters is 1. The van der Waals surface area contributed by atoms with Gasteiger partial charge in [-0.3, -0.25) is 0 Å². The first-order valence-corrected chi connectivity index (χ1v) is 6.04. The van der Waals surface area contributed by atoms with Crippen molar-refractivity contribution >= 4 is 23.4 Å². The molecule has 0 aliphatic heterocycles. The quantitative estimate of drug-likeness (QED) is 0.491. The lowest BCUT2D eigenvalue weighted by Crippen LogP contribution is -2.06. The maximum absolute atomic E-state index is 13.7. The first-order valence-electron chi connectivity index (χ1n) is 5.66. The Kier molecular flexibility index (Phi) is 4.18. The van der Waals surface area contributed by atoms with Crippen molar-refractivity contribution in [1.29, 1.82) is 0 Å². The molecule has 1 aromatic carbocycles. The highest BCUT2D eigenvalue weighted by Crippen LogP contribution is 2.22. The molecule has 0 saturated carbocycles. The summed E-state index contributed by atoms with van der Waals surface area (Å²) in [5.41, 5.74) is 0.278. The third-order valence-electron chi connectivity index (χ3n) is 2.66. The Morgan fingerprint density at radius 2 is 2.29 bits per heavy atom. The van der Waals surface area contributed by atoms with E-state index in [2.05, 4.69) is 9.84 Å². The molecule has 7 nitrogen and oxygen atoms in total. The number of hydrogen-bond donors (Lipinski definition) is 0. The fourth-order valence-electron chi connectivity index (χ4n) is 1.71. The Balaban J connectivity index is 2.24. The van der Waals surface area contributed by atoms with Crippen LogP contribution in [0.2, 0.25) is 5.02 Å². The number of carbonyl (C=O) groups excluding carboxylic acids is 1. The number of hydrogen-bond acceptors (Lipinski definition) is 5. The van der Waals surface area contributed by atoms with Crippen molar-refractivity contribution in [2.75, 3.05) is 7.11 Å². The van der Waals surface area contributed by atoms with Crippen LogP contribution in [0.15, 0.2) is 24.4 Å². The van der Waals surface area contributed by atoms with E-state index in [1.807, 2.05) is 0 Å². The molecule has 0 aliphatic carbocycles. The van der Waals surface area contributed by atoms with Crippen LogP contribution in [0.25, 0.3) is 0 Å². The van der Waals surface area contributed by atoms with Crippen molar-refractivity contribution in [2.24, 2.45) is 0 Å². The zero-order valence-corrected chi connectivity index (χ0v) is 11.5. The molecule has 0 fully saturated rings. The van der Waals surface area contributed by atoms with Gasteiger partial charge in [-0.05, 0) is 22.6 Å². The van der Waals surface area contributed by atoms with Crippen molar-refractivity contribution in [3.8, 4) is 0 Å². The number of methoxy groups -OCH3 is 1. The molecule has 21 heavy (non-hydrogen) atoms. The molecule has 1 heterocycles. The summed E-state index contributed by atoms with van der Waals surface area (Å²) in [5.74, 6) is -1.99. The van der Waals surface area contributed by atoms with Gasteiger partial charge in [0.25, 0.3) is 0 Å². The van der Waals surface area contributed by atoms with Crippen molar-refractivity contribution in [2.45, 2.75) is 6.54 Å². The second-order valence-corrected chi connectivity index (χ2v) is 4.47. The van der Waals surface area contributed by atoms with Gasteiger partial charge in [-0.2, -0.15) is 4.68 Å². The molecular formula is C12H9ClFN3O4. The molecule has 0 bridgehead atoms. The predicted octanol–water partition coefficient (Wildman–Crippen LogP) is 2.42. The Bertz CT molecular complexity index is 717. The highest BCUT2D eigenvalue weighted by atomic mass is 35.5. The second-order valence-electron chi connectivity index (χ2n) is 4.06. The molecule has 0 saturated heterocycles. The maximum Gasteiger partial charge on any atom is 0.408 e. The smallest absolute Gasteiger partial charge is 0.408 e. The van der Waals surface area contributed by atoms with E-state index in [1.54, 1.807) is 0 Å². The van der Waals surface area contributed by atoms with Gasteiger partial charge >= 0.3 is 11.8 Å². The van der Waals surface area contributed by atoms with E-state index in [-0.39, 0.29) is 17.1 Å². The van der Waals surface area contributed by atoms with Gasteiger partial charge in [-0.1, -0.05) is 17.7 Å². The van der Waals surface area contributed by atoms with E-state index in [9.17, 15) is 19.3 Å². The number of nitro groups is 1. The van der Waals surface area contributed by atoms with Gasteiger partial charge in [-0.25, -0.2) is 9.18 Å². The summed E-state index contributed by atoms with van der Waals surface area (Å²) in [6, 6.07) is 3.90. The van der Waals surface area contributed by atoms with E-state index in [0.717, 1.165) is 13.2 Å². The topological polar surface area (TPSA) is 87.3 Å². The average molecular weight is 314 g/mol. The molecule has 0 unspecified atom stereocenters. The molecule has 2 aromatic rings. The van der Waals surface area contributed by atoms with Crippen molar-refractivity contribution in [1.82, 2.24) is 9.78 Å². The van der Waals surface area contributed by atoms with Gasteiger partial charge in [0, 0.05) is 0 Å². The number of ether oxygens (including phenoxy) is 1. The van der Waals surface area contributed by atoms with Gasteiger partial charge in [0.05, 0.1) is 30.5 Å². The van der Waals surface area contributed by atoms with Crippen LogP contribution in [-0.2, 0) is 11.3 Å². The van der Waals surface area contributed by atoms with Crippen LogP contribution in [0.1, 0.15) is 15.9 Å². The van der Waals surface area contributed by atoms with Crippen LogP contribution in [0, 0.1) is 15.9 Å². The summed E-state index contributed by atoms with van der Waals surface area (Å²) in [5, 5.41) is 14.2. The number of nitrogens with zero attached hydrogens (tertiary/aromatic N) is 3. The Labute approximate surface area is 123 Å². The molecule has 9 heteroatoms. The molecule has 2 rings (SSSR count). The fourth-order valence-corrected chi connectivity index (χ4v) is 1.93. The highest BCUT2D eigenvalue weighted by molar-refractivity contribution is 6.32. The van der Waals surface area contributed by atoms with E-state index in [0.29, 0.717) is 5.56 Å². The van der Waals surface area contributed by atoms with Crippen LogP contribution in [0.4, 0.5) is 10.2 Å². The second kappa shape index (κ2) is 5.88. The van der Waals surface area contributed by atoms with E-state index in [4.69, 9.17) is 11.6 Å². The van der Waals surface area contributed by atoms with E-state index in [1.165, 1.54) is 23.0 Å². The van der Waals surface area contributed by atoms with Gasteiger partial charge in [0.1, 0.15) is 5.82 Å². The number of rotatable bonds is 4. The summed E-state index contributed by atoms with van der Waals surface area (Å²) < 4.78 is 19.4. The fraction of sp³-hybridized carbons (Fsp3) is 0.167. The minimum atomic E-state index is -0.781. The molecular weight excluding hydrogens is 305 g/mol. The van der Waals surface area contributed by atoms with Crippen LogP contribution >= 0.6 is 11.6 Å². The molecule has 0 N–H and O–H groups in total. The monoisotopic (exact) mass is 313 g/mol. The van der Waals surface area contributed by atoms with Gasteiger partial charge < -0.3 is 14.9 Å². The first-order chi connectivity index (χ1) is 9.92. The minimum absolute atomic E-state index is 0.0753. The van der Waals surface area contributed by atoms with Crippen LogP contribution in [-0.4, -0.2) is 27.8 Å².